The number of anilines is 2. The minimum absolute atomic E-state index is 0.0126. The first kappa shape index (κ1) is 20.6. The van der Waals surface area contributed by atoms with Gasteiger partial charge < -0.3 is 15.4 Å². The molecule has 158 valence electrons. The molecule has 0 bridgehead atoms. The van der Waals surface area contributed by atoms with E-state index in [9.17, 15) is 9.59 Å². The summed E-state index contributed by atoms with van der Waals surface area (Å²) in [4.78, 5) is 28.9. The van der Waals surface area contributed by atoms with Crippen LogP contribution < -0.4 is 15.4 Å². The molecule has 0 radical (unpaired) electrons. The quantitative estimate of drug-likeness (QED) is 0.585. The molecule has 31 heavy (non-hydrogen) atoms. The number of amides is 2. The van der Waals surface area contributed by atoms with Crippen molar-refractivity contribution in [3.63, 3.8) is 0 Å². The highest BCUT2D eigenvalue weighted by Crippen LogP contribution is 2.33. The molecule has 0 aliphatic carbocycles. The van der Waals surface area contributed by atoms with E-state index in [2.05, 4.69) is 10.6 Å². The van der Waals surface area contributed by atoms with Gasteiger partial charge in [0.15, 0.2) is 6.61 Å². The Labute approximate surface area is 181 Å². The van der Waals surface area contributed by atoms with E-state index in [0.29, 0.717) is 11.4 Å². The molecule has 0 fully saturated rings. The molecule has 1 aliphatic heterocycles. The van der Waals surface area contributed by atoms with Gasteiger partial charge in [0.2, 0.25) is 5.91 Å². The van der Waals surface area contributed by atoms with Crippen molar-refractivity contribution in [2.24, 2.45) is 5.92 Å². The molecule has 2 aromatic carbocycles. The van der Waals surface area contributed by atoms with Crippen molar-refractivity contribution in [1.29, 1.82) is 0 Å². The maximum Gasteiger partial charge on any atom is 0.262 e. The van der Waals surface area contributed by atoms with Crippen LogP contribution in [0.15, 0.2) is 60.7 Å². The zero-order chi connectivity index (χ0) is 21.8. The summed E-state index contributed by atoms with van der Waals surface area (Å²) in [6.07, 6.45) is 1.63. The van der Waals surface area contributed by atoms with Crippen LogP contribution in [-0.2, 0) is 9.59 Å². The van der Waals surface area contributed by atoms with Gasteiger partial charge in [-0.15, -0.1) is 0 Å². The lowest BCUT2D eigenvalue weighted by molar-refractivity contribution is -0.120. The zero-order valence-electron chi connectivity index (χ0n) is 17.6. The minimum atomic E-state index is -0.168. The van der Waals surface area contributed by atoms with E-state index >= 15 is 0 Å². The number of ether oxygens (including phenoxy) is 1. The molecular formula is C25H25N3O3. The average Bonchev–Trinajstić information content (AvgIpc) is 2.79. The van der Waals surface area contributed by atoms with Crippen molar-refractivity contribution in [1.82, 2.24) is 4.98 Å². The van der Waals surface area contributed by atoms with E-state index in [1.54, 1.807) is 0 Å². The van der Waals surface area contributed by atoms with Crippen molar-refractivity contribution >= 4 is 23.2 Å². The van der Waals surface area contributed by atoms with Gasteiger partial charge >= 0.3 is 0 Å². The first-order valence-corrected chi connectivity index (χ1v) is 10.5. The highest BCUT2D eigenvalue weighted by molar-refractivity contribution is 5.96. The Balaban J connectivity index is 1.60. The smallest absolute Gasteiger partial charge is 0.262 e. The second-order valence-electron chi connectivity index (χ2n) is 7.54. The Hall–Kier alpha value is -3.67. The Morgan fingerprint density at radius 2 is 1.74 bits per heavy atom. The molecule has 0 unspecified atom stereocenters. The van der Waals surface area contributed by atoms with Crippen LogP contribution in [0, 0.1) is 5.92 Å². The number of hydrogen-bond acceptors (Lipinski definition) is 4. The molecule has 0 spiro atoms. The van der Waals surface area contributed by atoms with E-state index in [0.717, 1.165) is 41.0 Å². The molecule has 2 amide bonds. The van der Waals surface area contributed by atoms with Crippen LogP contribution in [-0.4, -0.2) is 23.4 Å². The summed E-state index contributed by atoms with van der Waals surface area (Å²) >= 11 is 0. The van der Waals surface area contributed by atoms with E-state index in [1.165, 1.54) is 0 Å². The highest BCUT2D eigenvalue weighted by Gasteiger charge is 2.17. The lowest BCUT2D eigenvalue weighted by Crippen LogP contribution is -2.25. The highest BCUT2D eigenvalue weighted by atomic mass is 16.5. The summed E-state index contributed by atoms with van der Waals surface area (Å²) in [5, 5.41) is 5.85. The van der Waals surface area contributed by atoms with Crippen molar-refractivity contribution < 1.29 is 14.3 Å². The number of nitrogens with zero attached hydrogens (tertiary/aromatic N) is 1. The number of fused-ring (bicyclic) bond motifs is 1. The number of nitrogens with one attached hydrogen (secondary N) is 2. The van der Waals surface area contributed by atoms with Gasteiger partial charge in [-0.3, -0.25) is 9.59 Å². The number of carbonyl (C=O) groups is 2. The van der Waals surface area contributed by atoms with Crippen LogP contribution in [0.4, 0.5) is 11.4 Å². The summed E-state index contributed by atoms with van der Waals surface area (Å²) < 4.78 is 5.43. The zero-order valence-corrected chi connectivity index (χ0v) is 17.6. The third kappa shape index (κ3) is 4.58. The molecule has 6 heteroatoms. The molecule has 0 atom stereocenters. The predicted molar refractivity (Wildman–Crippen MR) is 122 cm³/mol. The minimum Gasteiger partial charge on any atom is -0.482 e. The molecule has 6 nitrogen and oxygen atoms in total. The first-order valence-electron chi connectivity index (χ1n) is 10.5. The number of hydrogen-bond donors (Lipinski definition) is 2. The van der Waals surface area contributed by atoms with Gasteiger partial charge in [0.25, 0.3) is 5.91 Å². The first-order chi connectivity index (χ1) is 15.1. The summed E-state index contributed by atoms with van der Waals surface area (Å²) in [6.45, 7) is 4.08. The van der Waals surface area contributed by atoms with Crippen LogP contribution in [0.2, 0.25) is 0 Å². The van der Waals surface area contributed by atoms with Crippen LogP contribution in [0.25, 0.3) is 22.5 Å². The number of benzene rings is 2. The fraction of sp³-hybridized carbons (Fsp3) is 0.240. The van der Waals surface area contributed by atoms with Crippen molar-refractivity contribution in [2.75, 3.05) is 17.2 Å². The normalized spacial score (nSPS) is 12.7. The molecule has 2 heterocycles. The number of pyridine rings is 1. The Morgan fingerprint density at radius 3 is 2.48 bits per heavy atom. The van der Waals surface area contributed by atoms with Crippen molar-refractivity contribution in [3.05, 3.63) is 60.7 Å². The molecular weight excluding hydrogens is 390 g/mol. The fourth-order valence-electron chi connectivity index (χ4n) is 3.66. The summed E-state index contributed by atoms with van der Waals surface area (Å²) in [6, 6.07) is 19.2. The van der Waals surface area contributed by atoms with E-state index in [-0.39, 0.29) is 24.3 Å². The topological polar surface area (TPSA) is 80.3 Å². The second-order valence-corrected chi connectivity index (χ2v) is 7.54. The molecule has 2 N–H and O–H groups in total. The molecule has 0 saturated heterocycles. The summed E-state index contributed by atoms with van der Waals surface area (Å²) in [5.41, 5.74) is 4.78. The van der Waals surface area contributed by atoms with Gasteiger partial charge in [-0.25, -0.2) is 4.98 Å². The van der Waals surface area contributed by atoms with E-state index in [4.69, 9.17) is 9.72 Å². The third-order valence-corrected chi connectivity index (χ3v) is 5.44. The third-order valence-electron chi connectivity index (χ3n) is 5.44. The summed E-state index contributed by atoms with van der Waals surface area (Å²) in [7, 11) is 0. The van der Waals surface area contributed by atoms with E-state index < -0.39 is 0 Å². The molecule has 3 aromatic rings. The number of rotatable bonds is 6. The Kier molecular flexibility index (Phi) is 5.98. The fourth-order valence-corrected chi connectivity index (χ4v) is 3.66. The van der Waals surface area contributed by atoms with Gasteiger partial charge in [0.1, 0.15) is 5.75 Å². The Bertz CT molecular complexity index is 1120. The molecule has 1 aromatic heterocycles. The lowest BCUT2D eigenvalue weighted by Gasteiger charge is -2.18. The monoisotopic (exact) mass is 415 g/mol. The largest absolute Gasteiger partial charge is 0.482 e. The maximum atomic E-state index is 12.4. The van der Waals surface area contributed by atoms with Gasteiger partial charge in [0.05, 0.1) is 17.1 Å². The van der Waals surface area contributed by atoms with Gasteiger partial charge in [-0.2, -0.15) is 0 Å². The average molecular weight is 415 g/mol. The predicted octanol–water partition coefficient (Wildman–Crippen LogP) is 5.12. The van der Waals surface area contributed by atoms with Crippen LogP contribution in [0.5, 0.6) is 5.75 Å². The lowest BCUT2D eigenvalue weighted by atomic mass is 10.0. The maximum absolute atomic E-state index is 12.4. The molecule has 1 aliphatic rings. The second kappa shape index (κ2) is 9.00. The van der Waals surface area contributed by atoms with Gasteiger partial charge in [-0.1, -0.05) is 32.0 Å². The van der Waals surface area contributed by atoms with E-state index in [1.807, 2.05) is 74.5 Å². The number of carbonyl (C=O) groups excluding carboxylic acids is 2. The Morgan fingerprint density at radius 1 is 1.03 bits per heavy atom. The SMILES string of the molecule is CCC(CC)C(=O)Nc1cccc(-c2cccc(-c3ccc4c(c3)NC(=O)CO4)n2)c1. The molecule has 0 saturated carbocycles. The summed E-state index contributed by atoms with van der Waals surface area (Å²) in [5.74, 6) is 0.541. The van der Waals surface area contributed by atoms with Crippen LogP contribution in [0.3, 0.4) is 0 Å². The number of aromatic nitrogens is 1. The molecule has 4 rings (SSSR count). The van der Waals surface area contributed by atoms with Crippen molar-refractivity contribution in [2.45, 2.75) is 26.7 Å². The van der Waals surface area contributed by atoms with Crippen molar-refractivity contribution in [3.8, 4) is 28.3 Å². The van der Waals surface area contributed by atoms with Crippen LogP contribution >= 0.6 is 0 Å². The van der Waals surface area contributed by atoms with Crippen LogP contribution in [0.1, 0.15) is 26.7 Å². The standard InChI is InChI=1S/C25H25N3O3/c1-3-16(4-2)25(30)26-19-8-5-7-17(13-19)20-9-6-10-21(27-20)18-11-12-23-22(14-18)28-24(29)15-31-23/h5-14,16H,3-4,15H2,1-2H3,(H,26,30)(H,28,29). The van der Waals surface area contributed by atoms with Gasteiger partial charge in [-0.05, 0) is 55.3 Å². The van der Waals surface area contributed by atoms with Gasteiger partial charge in [0, 0.05) is 22.7 Å².